The van der Waals surface area contributed by atoms with Gasteiger partial charge in [-0.2, -0.15) is 0 Å². The summed E-state index contributed by atoms with van der Waals surface area (Å²) >= 11 is 9.37. The lowest BCUT2D eigenvalue weighted by Crippen LogP contribution is -2.30. The Kier molecular flexibility index (Phi) is 6.59. The van der Waals surface area contributed by atoms with E-state index in [2.05, 4.69) is 58.6 Å². The van der Waals surface area contributed by atoms with E-state index >= 15 is 0 Å². The molecule has 2 atom stereocenters. The number of nitrogens with zero attached hydrogens (tertiary/aromatic N) is 3. The predicted molar refractivity (Wildman–Crippen MR) is 151 cm³/mol. The number of halogens is 1. The molecule has 0 amide bonds. The highest BCUT2D eigenvalue weighted by atomic mass is 79.9. The third-order valence-electron chi connectivity index (χ3n) is 6.07. The summed E-state index contributed by atoms with van der Waals surface area (Å²) in [7, 11) is -3.39. The van der Waals surface area contributed by atoms with Gasteiger partial charge in [-0.1, -0.05) is 22.0 Å². The van der Waals surface area contributed by atoms with Crippen LogP contribution in [0, 0.1) is 6.92 Å². The van der Waals surface area contributed by atoms with Gasteiger partial charge < -0.3 is 14.8 Å². The van der Waals surface area contributed by atoms with Gasteiger partial charge in [0.15, 0.2) is 5.11 Å². The molecule has 2 aromatic carbocycles. The second-order valence-corrected chi connectivity index (χ2v) is 11.7. The largest absolute Gasteiger partial charge is 0.351 e. The minimum absolute atomic E-state index is 0.197. The summed E-state index contributed by atoms with van der Waals surface area (Å²) in [6.07, 6.45) is 4.96. The average molecular weight is 583 g/mol. The monoisotopic (exact) mass is 581 g/mol. The molecule has 2 aromatic heterocycles. The molecule has 10 heteroatoms. The number of rotatable bonds is 6. The number of aromatic nitrogens is 2. The van der Waals surface area contributed by atoms with Crippen LogP contribution in [0.3, 0.4) is 0 Å². The molecule has 3 heterocycles. The molecule has 0 spiro atoms. The van der Waals surface area contributed by atoms with Gasteiger partial charge in [-0.3, -0.25) is 9.71 Å². The lowest BCUT2D eigenvalue weighted by molar-refractivity contribution is 0.549. The van der Waals surface area contributed by atoms with E-state index in [0.717, 1.165) is 39.1 Å². The quantitative estimate of drug-likeness (QED) is 0.293. The number of anilines is 2. The molecule has 0 radical (unpaired) electrons. The zero-order valence-corrected chi connectivity index (χ0v) is 22.8. The van der Waals surface area contributed by atoms with Crippen molar-refractivity contribution in [2.24, 2.45) is 0 Å². The van der Waals surface area contributed by atoms with Gasteiger partial charge in [0.25, 0.3) is 0 Å². The van der Waals surface area contributed by atoms with Crippen molar-refractivity contribution < 1.29 is 8.42 Å². The molecule has 0 aliphatic carbocycles. The Bertz CT molecular complexity index is 1520. The summed E-state index contributed by atoms with van der Waals surface area (Å²) in [6, 6.07) is 23.3. The van der Waals surface area contributed by atoms with E-state index in [-0.39, 0.29) is 12.1 Å². The lowest BCUT2D eigenvalue weighted by Gasteiger charge is -2.29. The number of aryl methyl sites for hydroxylation is 1. The second kappa shape index (κ2) is 9.68. The Balaban J connectivity index is 1.63. The average Bonchev–Trinajstić information content (AvgIpc) is 3.45. The van der Waals surface area contributed by atoms with Crippen molar-refractivity contribution >= 4 is 54.7 Å². The van der Waals surface area contributed by atoms with Gasteiger partial charge in [0.1, 0.15) is 6.04 Å². The van der Waals surface area contributed by atoms with E-state index in [0.29, 0.717) is 10.8 Å². The first kappa shape index (κ1) is 24.5. The first-order valence-corrected chi connectivity index (χ1v) is 14.3. The first-order valence-electron chi connectivity index (χ1n) is 11.2. The van der Waals surface area contributed by atoms with Gasteiger partial charge >= 0.3 is 0 Å². The zero-order valence-electron chi connectivity index (χ0n) is 19.6. The van der Waals surface area contributed by atoms with Crippen LogP contribution in [0.1, 0.15) is 29.0 Å². The topological polar surface area (TPSA) is 79.3 Å². The standard InChI is InChI=1S/C26H24BrN5O2S2/c1-17-16-20(12-13-21(17)30-36(2,33)34)32-25(24(29-26(32)35)22-6-3-4-14-28-22)23-7-5-15-31(23)19-10-8-18(27)9-11-19/h3-16,24-25,30H,1-2H3,(H,29,35)/t24-,25-/m1/s1. The number of hydrogen-bond acceptors (Lipinski definition) is 4. The van der Waals surface area contributed by atoms with Crippen molar-refractivity contribution in [1.82, 2.24) is 14.9 Å². The molecule has 1 saturated heterocycles. The molecule has 4 aromatic rings. The van der Waals surface area contributed by atoms with Gasteiger partial charge in [0, 0.05) is 33.9 Å². The van der Waals surface area contributed by atoms with E-state index in [4.69, 9.17) is 12.2 Å². The summed E-state index contributed by atoms with van der Waals surface area (Å²) in [4.78, 5) is 6.71. The lowest BCUT2D eigenvalue weighted by atomic mass is 10.0. The van der Waals surface area contributed by atoms with Crippen LogP contribution in [0.25, 0.3) is 5.69 Å². The SMILES string of the molecule is Cc1cc(N2C(=S)N[C@H](c3ccccn3)[C@H]2c2cccn2-c2ccc(Br)cc2)ccc1NS(C)(=O)=O. The van der Waals surface area contributed by atoms with Crippen LogP contribution < -0.4 is 14.9 Å². The van der Waals surface area contributed by atoms with Gasteiger partial charge in [-0.05, 0) is 91.4 Å². The van der Waals surface area contributed by atoms with Crippen LogP contribution in [0.4, 0.5) is 11.4 Å². The van der Waals surface area contributed by atoms with Crippen LogP contribution in [0.15, 0.2) is 89.7 Å². The number of benzene rings is 2. The van der Waals surface area contributed by atoms with Crippen molar-refractivity contribution in [2.75, 3.05) is 15.9 Å². The van der Waals surface area contributed by atoms with Crippen LogP contribution in [0.5, 0.6) is 0 Å². The highest BCUT2D eigenvalue weighted by Gasteiger charge is 2.42. The Hall–Kier alpha value is -3.21. The van der Waals surface area contributed by atoms with Crippen molar-refractivity contribution in [3.63, 3.8) is 0 Å². The number of hydrogen-bond donors (Lipinski definition) is 2. The maximum atomic E-state index is 11.8. The highest BCUT2D eigenvalue weighted by Crippen LogP contribution is 2.43. The van der Waals surface area contributed by atoms with Gasteiger partial charge in [-0.25, -0.2) is 8.42 Å². The van der Waals surface area contributed by atoms with E-state index in [1.807, 2.05) is 61.7 Å². The molecule has 1 aliphatic heterocycles. The first-order chi connectivity index (χ1) is 17.2. The summed E-state index contributed by atoms with van der Waals surface area (Å²) in [5, 5.41) is 4.05. The fourth-order valence-electron chi connectivity index (χ4n) is 4.52. The predicted octanol–water partition coefficient (Wildman–Crippen LogP) is 5.49. The highest BCUT2D eigenvalue weighted by molar-refractivity contribution is 9.10. The minimum Gasteiger partial charge on any atom is -0.351 e. The smallest absolute Gasteiger partial charge is 0.229 e. The fraction of sp³-hybridized carbons (Fsp3) is 0.154. The van der Waals surface area contributed by atoms with Crippen molar-refractivity contribution in [2.45, 2.75) is 19.0 Å². The molecule has 184 valence electrons. The molecule has 1 aliphatic rings. The molecular formula is C26H24BrN5O2S2. The minimum atomic E-state index is -3.39. The van der Waals surface area contributed by atoms with E-state index in [1.165, 1.54) is 0 Å². The Morgan fingerprint density at radius 3 is 2.44 bits per heavy atom. The Labute approximate surface area is 224 Å². The number of nitrogens with one attached hydrogen (secondary N) is 2. The van der Waals surface area contributed by atoms with Gasteiger partial charge in [0.2, 0.25) is 10.0 Å². The van der Waals surface area contributed by atoms with Gasteiger partial charge in [0.05, 0.1) is 23.7 Å². The Morgan fingerprint density at radius 2 is 1.78 bits per heavy atom. The number of thiocarbonyl (C=S) groups is 1. The maximum absolute atomic E-state index is 11.8. The molecule has 36 heavy (non-hydrogen) atoms. The normalized spacial score (nSPS) is 17.8. The third-order valence-corrected chi connectivity index (χ3v) is 7.50. The summed E-state index contributed by atoms with van der Waals surface area (Å²) in [5.41, 5.74) is 5.13. The van der Waals surface area contributed by atoms with Crippen molar-refractivity contribution in [3.05, 3.63) is 107 Å². The molecular weight excluding hydrogens is 558 g/mol. The molecule has 5 rings (SSSR count). The van der Waals surface area contributed by atoms with E-state index in [9.17, 15) is 8.42 Å². The molecule has 0 saturated carbocycles. The summed E-state index contributed by atoms with van der Waals surface area (Å²) < 4.78 is 29.3. The van der Waals surface area contributed by atoms with Crippen LogP contribution in [-0.2, 0) is 10.0 Å². The van der Waals surface area contributed by atoms with E-state index < -0.39 is 10.0 Å². The summed E-state index contributed by atoms with van der Waals surface area (Å²) in [5.74, 6) is 0. The third kappa shape index (κ3) is 4.88. The molecule has 1 fully saturated rings. The maximum Gasteiger partial charge on any atom is 0.229 e. The zero-order chi connectivity index (χ0) is 25.4. The van der Waals surface area contributed by atoms with Crippen LogP contribution in [0.2, 0.25) is 0 Å². The van der Waals surface area contributed by atoms with Crippen molar-refractivity contribution in [3.8, 4) is 5.69 Å². The Morgan fingerprint density at radius 1 is 1.03 bits per heavy atom. The number of pyridine rings is 1. The molecule has 2 N–H and O–H groups in total. The second-order valence-electron chi connectivity index (χ2n) is 8.65. The molecule has 0 unspecified atom stereocenters. The van der Waals surface area contributed by atoms with E-state index in [1.54, 1.807) is 12.3 Å². The molecule has 7 nitrogen and oxygen atoms in total. The van der Waals surface area contributed by atoms with Gasteiger partial charge in [-0.15, -0.1) is 0 Å². The van der Waals surface area contributed by atoms with Crippen LogP contribution in [-0.4, -0.2) is 29.3 Å². The molecule has 0 bridgehead atoms. The van der Waals surface area contributed by atoms with Crippen molar-refractivity contribution in [1.29, 1.82) is 0 Å². The number of sulfonamides is 1. The fourth-order valence-corrected chi connectivity index (χ4v) is 5.76. The van der Waals surface area contributed by atoms with Crippen LogP contribution >= 0.6 is 28.1 Å². The summed E-state index contributed by atoms with van der Waals surface area (Å²) in [6.45, 7) is 1.87.